The van der Waals surface area contributed by atoms with Gasteiger partial charge in [0.05, 0.1) is 0 Å². The molecule has 1 rings (SSSR count). The molecule has 0 fully saturated rings. The summed E-state index contributed by atoms with van der Waals surface area (Å²) in [5.41, 5.74) is 4.48. The van der Waals surface area contributed by atoms with Crippen molar-refractivity contribution in [2.45, 2.75) is 139 Å². The molecule has 0 nitrogen and oxygen atoms in total. The van der Waals surface area contributed by atoms with E-state index in [9.17, 15) is 4.39 Å². The van der Waals surface area contributed by atoms with Gasteiger partial charge in [-0.2, -0.15) is 0 Å². The molecule has 1 aromatic carbocycles. The second-order valence-electron chi connectivity index (χ2n) is 10.3. The van der Waals surface area contributed by atoms with Crippen LogP contribution in [0.2, 0.25) is 0 Å². The molecule has 0 radical (unpaired) electrons. The lowest BCUT2D eigenvalue weighted by molar-refractivity contribution is 0.413. The Balaban J connectivity index is 0.00000436. The molecule has 0 amide bonds. The summed E-state index contributed by atoms with van der Waals surface area (Å²) in [4.78, 5) is 0. The summed E-state index contributed by atoms with van der Waals surface area (Å²) in [7, 11) is 0. The topological polar surface area (TPSA) is 0 Å². The minimum absolute atomic E-state index is 0.0370. The van der Waals surface area contributed by atoms with Crippen molar-refractivity contribution in [3.8, 4) is 0 Å². The Morgan fingerprint density at radius 2 is 1.13 bits per heavy atom. The Hall–Kier alpha value is -0.850. The van der Waals surface area contributed by atoms with E-state index >= 15 is 0 Å². The molecule has 0 saturated carbocycles. The van der Waals surface area contributed by atoms with Crippen LogP contribution in [0.15, 0.2) is 6.07 Å². The molecule has 2 atom stereocenters. The molecule has 0 N–H and O–H groups in total. The number of benzene rings is 1. The summed E-state index contributed by atoms with van der Waals surface area (Å²) >= 11 is 0. The first-order valence-electron chi connectivity index (χ1n) is 13.5. The third kappa shape index (κ3) is 13.3. The van der Waals surface area contributed by atoms with Gasteiger partial charge in [0.2, 0.25) is 0 Å². The van der Waals surface area contributed by atoms with Crippen molar-refractivity contribution in [1.29, 1.82) is 0 Å². The fourth-order valence-corrected chi connectivity index (χ4v) is 4.51. The second-order valence-corrected chi connectivity index (χ2v) is 10.3. The largest absolute Gasteiger partial charge is 0.207 e. The van der Waals surface area contributed by atoms with Gasteiger partial charge in [0.15, 0.2) is 0 Å². The van der Waals surface area contributed by atoms with Gasteiger partial charge >= 0.3 is 0 Å². The van der Waals surface area contributed by atoms with E-state index in [0.717, 1.165) is 35.3 Å². The average Bonchev–Trinajstić information content (AvgIpc) is 2.72. The van der Waals surface area contributed by atoms with Crippen LogP contribution < -0.4 is 0 Å². The Kier molecular flexibility index (Phi) is 17.2. The van der Waals surface area contributed by atoms with Crippen molar-refractivity contribution >= 4 is 0 Å². The molecule has 0 aliphatic heterocycles. The predicted octanol–water partition coefficient (Wildman–Crippen LogP) is 10.5. The number of halogens is 1. The fraction of sp³-hybridized carbons (Fsp3) is 0.800. The van der Waals surface area contributed by atoms with Crippen molar-refractivity contribution in [1.82, 2.24) is 0 Å². The van der Waals surface area contributed by atoms with Gasteiger partial charge in [0, 0.05) is 0 Å². The lowest BCUT2D eigenvalue weighted by Gasteiger charge is -2.16. The summed E-state index contributed by atoms with van der Waals surface area (Å²) < 4.78 is 14.0. The van der Waals surface area contributed by atoms with Gasteiger partial charge < -0.3 is 0 Å². The first kappa shape index (κ1) is 30.1. The maximum atomic E-state index is 14.0. The molecule has 0 aliphatic carbocycles. The maximum absolute atomic E-state index is 14.0. The Morgan fingerprint density at radius 1 is 0.645 bits per heavy atom. The van der Waals surface area contributed by atoms with Crippen LogP contribution in [0.5, 0.6) is 0 Å². The molecular weight excluding hydrogens is 379 g/mol. The summed E-state index contributed by atoms with van der Waals surface area (Å²) in [6, 6.07) is 1.68. The van der Waals surface area contributed by atoms with E-state index in [0.29, 0.717) is 0 Å². The van der Waals surface area contributed by atoms with Crippen molar-refractivity contribution in [2.24, 2.45) is 17.8 Å². The molecule has 0 aromatic heterocycles. The number of rotatable bonds is 15. The highest BCUT2D eigenvalue weighted by molar-refractivity contribution is 5.40. The zero-order valence-corrected chi connectivity index (χ0v) is 22.7. The van der Waals surface area contributed by atoms with Gasteiger partial charge in [-0.25, -0.2) is 4.39 Å². The highest BCUT2D eigenvalue weighted by Crippen LogP contribution is 2.25. The summed E-state index contributed by atoms with van der Waals surface area (Å²) in [6.07, 6.45) is 16.1. The average molecular weight is 435 g/mol. The SMILES string of the molecule is CC.Cc1cc(F)c(C)c(CCC(C)CCCCCCC[C@H](C)CCCC(C)C)c1C. The Bertz CT molecular complexity index is 546. The summed E-state index contributed by atoms with van der Waals surface area (Å²) in [5, 5.41) is 0. The van der Waals surface area contributed by atoms with Crippen LogP contribution in [-0.2, 0) is 6.42 Å². The van der Waals surface area contributed by atoms with Crippen LogP contribution in [0.3, 0.4) is 0 Å². The van der Waals surface area contributed by atoms with E-state index in [4.69, 9.17) is 0 Å². The number of hydrogen-bond acceptors (Lipinski definition) is 0. The van der Waals surface area contributed by atoms with Gasteiger partial charge in [0.1, 0.15) is 5.82 Å². The second kappa shape index (κ2) is 17.7. The van der Waals surface area contributed by atoms with Crippen molar-refractivity contribution in [2.75, 3.05) is 0 Å². The molecule has 0 saturated heterocycles. The smallest absolute Gasteiger partial charge is 0.126 e. The fourth-order valence-electron chi connectivity index (χ4n) is 4.51. The van der Waals surface area contributed by atoms with Gasteiger partial charge in [-0.05, 0) is 79.7 Å². The Morgan fingerprint density at radius 3 is 1.68 bits per heavy atom. The zero-order chi connectivity index (χ0) is 23.8. The standard InChI is InChI=1S/C28H49F.C2H6/c1-21(2)14-13-17-22(3)15-11-9-8-10-12-16-23(4)18-19-27-25(6)24(5)20-28(29)26(27)7;1-2/h20-23H,8-19H2,1-7H3;1-2H3/t22-,23?;/m0./s1. The lowest BCUT2D eigenvalue weighted by Crippen LogP contribution is -2.04. The van der Waals surface area contributed by atoms with Gasteiger partial charge in [-0.3, -0.25) is 0 Å². The van der Waals surface area contributed by atoms with Gasteiger partial charge in [-0.15, -0.1) is 0 Å². The molecule has 182 valence electrons. The van der Waals surface area contributed by atoms with E-state index < -0.39 is 0 Å². The van der Waals surface area contributed by atoms with Crippen molar-refractivity contribution < 1.29 is 4.39 Å². The number of aryl methyl sites for hydroxylation is 1. The van der Waals surface area contributed by atoms with E-state index in [1.54, 1.807) is 6.07 Å². The first-order chi connectivity index (χ1) is 14.7. The zero-order valence-electron chi connectivity index (χ0n) is 22.7. The van der Waals surface area contributed by atoms with Crippen molar-refractivity contribution in [3.05, 3.63) is 34.1 Å². The molecular formula is C30H55F. The van der Waals surface area contributed by atoms with Crippen LogP contribution in [-0.4, -0.2) is 0 Å². The molecule has 1 heteroatoms. The third-order valence-electron chi connectivity index (χ3n) is 6.96. The number of hydrogen-bond donors (Lipinski definition) is 0. The minimum atomic E-state index is -0.0370. The molecule has 1 aromatic rings. The lowest BCUT2D eigenvalue weighted by atomic mass is 9.90. The first-order valence-corrected chi connectivity index (χ1v) is 13.5. The molecule has 0 spiro atoms. The third-order valence-corrected chi connectivity index (χ3v) is 6.96. The molecule has 0 aliphatic rings. The summed E-state index contributed by atoms with van der Waals surface area (Å²) in [6.45, 7) is 19.6. The number of unbranched alkanes of at least 4 members (excludes halogenated alkanes) is 4. The van der Waals surface area contributed by atoms with Gasteiger partial charge in [-0.1, -0.05) is 106 Å². The highest BCUT2D eigenvalue weighted by Gasteiger charge is 2.12. The predicted molar refractivity (Wildman–Crippen MR) is 140 cm³/mol. The highest BCUT2D eigenvalue weighted by atomic mass is 19.1. The van der Waals surface area contributed by atoms with Gasteiger partial charge in [0.25, 0.3) is 0 Å². The van der Waals surface area contributed by atoms with Crippen LogP contribution in [0, 0.1) is 44.3 Å². The molecule has 0 heterocycles. The van der Waals surface area contributed by atoms with Crippen LogP contribution >= 0.6 is 0 Å². The normalized spacial score (nSPS) is 13.1. The molecule has 31 heavy (non-hydrogen) atoms. The van der Waals surface area contributed by atoms with Crippen LogP contribution in [0.25, 0.3) is 0 Å². The monoisotopic (exact) mass is 434 g/mol. The molecule has 1 unspecified atom stereocenters. The van der Waals surface area contributed by atoms with E-state index in [2.05, 4.69) is 34.6 Å². The van der Waals surface area contributed by atoms with E-state index in [1.807, 2.05) is 27.7 Å². The quantitative estimate of drug-likeness (QED) is 0.241. The van der Waals surface area contributed by atoms with Crippen molar-refractivity contribution in [3.63, 3.8) is 0 Å². The van der Waals surface area contributed by atoms with E-state index in [-0.39, 0.29) is 5.82 Å². The minimum Gasteiger partial charge on any atom is -0.207 e. The maximum Gasteiger partial charge on any atom is 0.126 e. The van der Waals surface area contributed by atoms with Crippen LogP contribution in [0.1, 0.15) is 134 Å². The Labute approximate surface area is 195 Å². The summed E-state index contributed by atoms with van der Waals surface area (Å²) in [5.74, 6) is 2.46. The van der Waals surface area contributed by atoms with Crippen LogP contribution in [0.4, 0.5) is 4.39 Å². The van der Waals surface area contributed by atoms with E-state index in [1.165, 1.54) is 81.8 Å². The molecule has 0 bridgehead atoms.